The number of nitrogens with zero attached hydrogens (tertiary/aromatic N) is 2. The van der Waals surface area contributed by atoms with Crippen LogP contribution >= 0.6 is 0 Å². The number of aromatic nitrogens is 2. The minimum atomic E-state index is -0.547. The van der Waals surface area contributed by atoms with Crippen molar-refractivity contribution in [2.45, 2.75) is 38.8 Å². The summed E-state index contributed by atoms with van der Waals surface area (Å²) in [6, 6.07) is 0. The fourth-order valence-corrected chi connectivity index (χ4v) is 1.45. The first-order valence-electron chi connectivity index (χ1n) is 5.59. The molecule has 0 radical (unpaired) electrons. The van der Waals surface area contributed by atoms with Crippen LogP contribution in [0.4, 0.5) is 0 Å². The van der Waals surface area contributed by atoms with Gasteiger partial charge in [0.05, 0.1) is 11.9 Å². The zero-order valence-electron chi connectivity index (χ0n) is 9.61. The van der Waals surface area contributed by atoms with E-state index in [0.717, 1.165) is 25.9 Å². The number of rotatable bonds is 7. The zero-order chi connectivity index (χ0) is 11.1. The van der Waals surface area contributed by atoms with Gasteiger partial charge >= 0.3 is 0 Å². The lowest BCUT2D eigenvalue weighted by atomic mass is 9.98. The van der Waals surface area contributed by atoms with Gasteiger partial charge in [0.2, 0.25) is 0 Å². The molecule has 0 aliphatic rings. The molecule has 0 unspecified atom stereocenters. The molecular weight excluding hydrogens is 190 g/mol. The van der Waals surface area contributed by atoms with Gasteiger partial charge in [0.15, 0.2) is 0 Å². The summed E-state index contributed by atoms with van der Waals surface area (Å²) < 4.78 is 2.02. The minimum Gasteiger partial charge on any atom is -0.389 e. The van der Waals surface area contributed by atoms with Gasteiger partial charge in [-0.05, 0) is 12.8 Å². The lowest BCUT2D eigenvalue weighted by Crippen LogP contribution is -2.40. The van der Waals surface area contributed by atoms with Crippen molar-refractivity contribution in [1.29, 1.82) is 0 Å². The Hall–Kier alpha value is -0.870. The average molecular weight is 211 g/mol. The third-order valence-electron chi connectivity index (χ3n) is 2.88. The van der Waals surface area contributed by atoms with Crippen LogP contribution in [0.2, 0.25) is 0 Å². The number of aliphatic hydroxyl groups is 1. The average Bonchev–Trinajstić information content (AvgIpc) is 2.77. The summed E-state index contributed by atoms with van der Waals surface area (Å²) in [5.74, 6) is 0. The normalized spacial score (nSPS) is 11.9. The molecule has 0 saturated carbocycles. The highest BCUT2D eigenvalue weighted by Gasteiger charge is 2.20. The van der Waals surface area contributed by atoms with Crippen LogP contribution in [0.5, 0.6) is 0 Å². The molecular formula is C11H21N3O. The number of nitrogens with one attached hydrogen (secondary N) is 1. The molecule has 0 saturated heterocycles. The van der Waals surface area contributed by atoms with Crippen molar-refractivity contribution in [1.82, 2.24) is 14.9 Å². The van der Waals surface area contributed by atoms with Crippen LogP contribution < -0.4 is 5.32 Å². The maximum atomic E-state index is 10.0. The Bertz CT molecular complexity index is 255. The van der Waals surface area contributed by atoms with Gasteiger partial charge in [-0.25, -0.2) is 4.98 Å². The molecule has 0 atom stereocenters. The Labute approximate surface area is 91.3 Å². The Kier molecular flexibility index (Phi) is 4.78. The lowest BCUT2D eigenvalue weighted by molar-refractivity contribution is 0.0326. The second-order valence-corrected chi connectivity index (χ2v) is 3.91. The Morgan fingerprint density at radius 3 is 2.67 bits per heavy atom. The van der Waals surface area contributed by atoms with E-state index in [0.29, 0.717) is 6.54 Å². The van der Waals surface area contributed by atoms with E-state index in [2.05, 4.69) is 10.3 Å². The Balaban J connectivity index is 2.16. The number of hydrogen-bond donors (Lipinski definition) is 2. The van der Waals surface area contributed by atoms with Crippen LogP contribution in [-0.4, -0.2) is 33.3 Å². The fourth-order valence-electron chi connectivity index (χ4n) is 1.45. The van der Waals surface area contributed by atoms with E-state index in [1.807, 2.05) is 24.6 Å². The molecule has 1 rings (SSSR count). The smallest absolute Gasteiger partial charge is 0.0946 e. The van der Waals surface area contributed by atoms with E-state index in [4.69, 9.17) is 0 Å². The summed E-state index contributed by atoms with van der Waals surface area (Å²) >= 11 is 0. The molecule has 1 aromatic rings. The van der Waals surface area contributed by atoms with E-state index >= 15 is 0 Å². The summed E-state index contributed by atoms with van der Waals surface area (Å²) in [6.45, 7) is 6.44. The third-order valence-corrected chi connectivity index (χ3v) is 2.88. The Morgan fingerprint density at radius 1 is 1.40 bits per heavy atom. The van der Waals surface area contributed by atoms with Crippen molar-refractivity contribution in [3.63, 3.8) is 0 Å². The molecule has 1 aromatic heterocycles. The highest BCUT2D eigenvalue weighted by Crippen LogP contribution is 2.12. The molecule has 0 aliphatic carbocycles. The van der Waals surface area contributed by atoms with Crippen LogP contribution in [-0.2, 0) is 6.54 Å². The van der Waals surface area contributed by atoms with Gasteiger partial charge in [-0.2, -0.15) is 0 Å². The van der Waals surface area contributed by atoms with Gasteiger partial charge in [0.25, 0.3) is 0 Å². The maximum absolute atomic E-state index is 10.0. The van der Waals surface area contributed by atoms with Crippen LogP contribution in [0.25, 0.3) is 0 Å². The quantitative estimate of drug-likeness (QED) is 0.662. The van der Waals surface area contributed by atoms with E-state index in [1.54, 1.807) is 12.5 Å². The first-order valence-corrected chi connectivity index (χ1v) is 5.59. The highest BCUT2D eigenvalue weighted by atomic mass is 16.3. The van der Waals surface area contributed by atoms with Crippen LogP contribution in [0, 0.1) is 0 Å². The SMILES string of the molecule is CCC(O)(CC)CNCCn1ccnc1. The second kappa shape index (κ2) is 5.88. The van der Waals surface area contributed by atoms with Gasteiger partial charge in [-0.3, -0.25) is 0 Å². The van der Waals surface area contributed by atoms with E-state index in [9.17, 15) is 5.11 Å². The van der Waals surface area contributed by atoms with Gasteiger partial charge in [0.1, 0.15) is 0 Å². The van der Waals surface area contributed by atoms with Gasteiger partial charge in [-0.1, -0.05) is 13.8 Å². The van der Waals surface area contributed by atoms with E-state index in [1.165, 1.54) is 0 Å². The van der Waals surface area contributed by atoms with Crippen LogP contribution in [0.3, 0.4) is 0 Å². The topological polar surface area (TPSA) is 50.1 Å². The van der Waals surface area contributed by atoms with Crippen LogP contribution in [0.15, 0.2) is 18.7 Å². The molecule has 4 nitrogen and oxygen atoms in total. The summed E-state index contributed by atoms with van der Waals surface area (Å²) in [4.78, 5) is 3.97. The number of hydrogen-bond acceptors (Lipinski definition) is 3. The first-order chi connectivity index (χ1) is 7.20. The summed E-state index contributed by atoms with van der Waals surface area (Å²) in [6.07, 6.45) is 7.10. The van der Waals surface area contributed by atoms with Crippen molar-refractivity contribution < 1.29 is 5.11 Å². The van der Waals surface area contributed by atoms with E-state index in [-0.39, 0.29) is 0 Å². The molecule has 0 aliphatic heterocycles. The number of imidazole rings is 1. The predicted octanol–water partition coefficient (Wildman–Crippen LogP) is 1.02. The zero-order valence-corrected chi connectivity index (χ0v) is 9.61. The monoisotopic (exact) mass is 211 g/mol. The van der Waals surface area contributed by atoms with Gasteiger partial charge < -0.3 is 15.0 Å². The molecule has 86 valence electrons. The van der Waals surface area contributed by atoms with Crippen LogP contribution in [0.1, 0.15) is 26.7 Å². The van der Waals surface area contributed by atoms with E-state index < -0.39 is 5.60 Å². The third kappa shape index (κ3) is 4.01. The van der Waals surface area contributed by atoms with Crippen molar-refractivity contribution in [2.24, 2.45) is 0 Å². The maximum Gasteiger partial charge on any atom is 0.0946 e. The largest absolute Gasteiger partial charge is 0.389 e. The van der Waals surface area contributed by atoms with Crippen molar-refractivity contribution >= 4 is 0 Å². The fraction of sp³-hybridized carbons (Fsp3) is 0.727. The molecule has 0 amide bonds. The van der Waals surface area contributed by atoms with Crippen molar-refractivity contribution in [3.8, 4) is 0 Å². The predicted molar refractivity (Wildman–Crippen MR) is 60.6 cm³/mol. The summed E-state index contributed by atoms with van der Waals surface area (Å²) in [7, 11) is 0. The molecule has 0 aromatic carbocycles. The summed E-state index contributed by atoms with van der Waals surface area (Å²) in [5, 5.41) is 13.3. The molecule has 0 spiro atoms. The van der Waals surface area contributed by atoms with Gasteiger partial charge in [-0.15, -0.1) is 0 Å². The second-order valence-electron chi connectivity index (χ2n) is 3.91. The summed E-state index contributed by atoms with van der Waals surface area (Å²) in [5.41, 5.74) is -0.547. The lowest BCUT2D eigenvalue weighted by Gasteiger charge is -2.25. The highest BCUT2D eigenvalue weighted by molar-refractivity contribution is 4.78. The minimum absolute atomic E-state index is 0.547. The van der Waals surface area contributed by atoms with Gasteiger partial charge in [0, 0.05) is 32.0 Å². The molecule has 1 heterocycles. The molecule has 0 bridgehead atoms. The molecule has 4 heteroatoms. The molecule has 0 fully saturated rings. The first kappa shape index (κ1) is 12.2. The molecule has 15 heavy (non-hydrogen) atoms. The van der Waals surface area contributed by atoms with Crippen molar-refractivity contribution in [2.75, 3.05) is 13.1 Å². The standard InChI is InChI=1S/C11H21N3O/c1-3-11(15,4-2)9-12-5-7-14-8-6-13-10-14/h6,8,10,12,15H,3-5,7,9H2,1-2H3. The van der Waals surface area contributed by atoms with Crippen molar-refractivity contribution in [3.05, 3.63) is 18.7 Å². The Morgan fingerprint density at radius 2 is 2.13 bits per heavy atom. The molecule has 2 N–H and O–H groups in total.